The van der Waals surface area contributed by atoms with Gasteiger partial charge in [0.2, 0.25) is 5.28 Å². The van der Waals surface area contributed by atoms with E-state index in [1.54, 1.807) is 18.5 Å². The van der Waals surface area contributed by atoms with Crippen molar-refractivity contribution in [3.63, 3.8) is 0 Å². The number of aromatic nitrogens is 3. The van der Waals surface area contributed by atoms with E-state index in [0.29, 0.717) is 18.7 Å². The third-order valence-corrected chi connectivity index (χ3v) is 3.01. The molecule has 2 heterocycles. The van der Waals surface area contributed by atoms with E-state index in [9.17, 15) is 4.79 Å². The van der Waals surface area contributed by atoms with Crippen molar-refractivity contribution in [2.24, 2.45) is 0 Å². The van der Waals surface area contributed by atoms with Gasteiger partial charge in [-0.2, -0.15) is 0 Å². The Balaban J connectivity index is 1.91. The lowest BCUT2D eigenvalue weighted by Gasteiger charge is -2.04. The van der Waals surface area contributed by atoms with Crippen molar-refractivity contribution in [1.82, 2.24) is 20.3 Å². The number of halogens is 1. The first-order valence-electron chi connectivity index (χ1n) is 5.31. The topological polar surface area (TPSA) is 67.8 Å². The smallest absolute Gasteiger partial charge is 0.270 e. The van der Waals surface area contributed by atoms with Crippen molar-refractivity contribution < 1.29 is 4.79 Å². The number of aryl methyl sites for hydroxylation is 1. The molecule has 0 aliphatic carbocycles. The van der Waals surface area contributed by atoms with Crippen LogP contribution in [0.1, 0.15) is 21.9 Å². The van der Waals surface area contributed by atoms with Crippen molar-refractivity contribution in [3.8, 4) is 0 Å². The van der Waals surface area contributed by atoms with Crippen LogP contribution in [0.2, 0.25) is 5.28 Å². The molecule has 0 aliphatic rings. The first-order valence-corrected chi connectivity index (χ1v) is 6.63. The molecule has 0 fully saturated rings. The molecule has 2 aromatic rings. The summed E-state index contributed by atoms with van der Waals surface area (Å²) in [5.74, 6) is -0.252. The van der Waals surface area contributed by atoms with Gasteiger partial charge in [-0.25, -0.2) is 15.0 Å². The molecule has 94 valence electrons. The van der Waals surface area contributed by atoms with E-state index in [0.717, 1.165) is 5.69 Å². The summed E-state index contributed by atoms with van der Waals surface area (Å²) in [4.78, 5) is 23.7. The Morgan fingerprint density at radius 1 is 1.50 bits per heavy atom. The van der Waals surface area contributed by atoms with Crippen LogP contribution in [0.25, 0.3) is 0 Å². The highest BCUT2D eigenvalue weighted by atomic mass is 35.5. The van der Waals surface area contributed by atoms with Crippen LogP contribution in [0.5, 0.6) is 0 Å². The maximum atomic E-state index is 11.8. The lowest BCUT2D eigenvalue weighted by atomic mass is 10.3. The van der Waals surface area contributed by atoms with Crippen molar-refractivity contribution in [3.05, 3.63) is 39.3 Å². The van der Waals surface area contributed by atoms with Gasteiger partial charge in [0, 0.05) is 24.0 Å². The minimum atomic E-state index is -0.252. The maximum absolute atomic E-state index is 11.8. The molecular formula is C11H11ClN4OS. The average molecular weight is 283 g/mol. The maximum Gasteiger partial charge on any atom is 0.270 e. The van der Waals surface area contributed by atoms with Gasteiger partial charge in [-0.1, -0.05) is 0 Å². The molecule has 7 heteroatoms. The zero-order valence-electron chi connectivity index (χ0n) is 9.68. The van der Waals surface area contributed by atoms with Crippen LogP contribution in [0.4, 0.5) is 0 Å². The second-order valence-corrected chi connectivity index (χ2v) is 4.71. The quantitative estimate of drug-likeness (QED) is 0.869. The molecule has 0 unspecified atom stereocenters. The molecule has 1 N–H and O–H groups in total. The average Bonchev–Trinajstić information content (AvgIpc) is 2.80. The van der Waals surface area contributed by atoms with Crippen LogP contribution in [0, 0.1) is 6.92 Å². The van der Waals surface area contributed by atoms with Gasteiger partial charge in [-0.05, 0) is 24.6 Å². The molecule has 0 saturated carbocycles. The number of carbonyl (C=O) groups excluding carboxylic acids is 1. The van der Waals surface area contributed by atoms with E-state index < -0.39 is 0 Å². The van der Waals surface area contributed by atoms with E-state index >= 15 is 0 Å². The molecule has 0 aliphatic heterocycles. The monoisotopic (exact) mass is 282 g/mol. The number of nitrogens with zero attached hydrogens (tertiary/aromatic N) is 3. The van der Waals surface area contributed by atoms with Gasteiger partial charge >= 0.3 is 0 Å². The summed E-state index contributed by atoms with van der Waals surface area (Å²) >= 11 is 7.24. The highest BCUT2D eigenvalue weighted by molar-refractivity contribution is 7.07. The van der Waals surface area contributed by atoms with Gasteiger partial charge in [0.05, 0.1) is 11.2 Å². The molecule has 18 heavy (non-hydrogen) atoms. The summed E-state index contributed by atoms with van der Waals surface area (Å²) in [5.41, 5.74) is 3.69. The number of nitrogens with one attached hydrogen (secondary N) is 1. The van der Waals surface area contributed by atoms with Crippen LogP contribution in [0.3, 0.4) is 0 Å². The molecular weight excluding hydrogens is 272 g/mol. The fraction of sp³-hybridized carbons (Fsp3) is 0.273. The van der Waals surface area contributed by atoms with E-state index in [1.165, 1.54) is 11.3 Å². The fourth-order valence-electron chi connectivity index (χ4n) is 1.40. The number of hydrogen-bond donors (Lipinski definition) is 1. The number of hydrogen-bond acceptors (Lipinski definition) is 5. The van der Waals surface area contributed by atoms with Crippen LogP contribution in [-0.2, 0) is 6.42 Å². The molecule has 0 saturated heterocycles. The van der Waals surface area contributed by atoms with E-state index in [2.05, 4.69) is 20.3 Å². The molecule has 0 spiro atoms. The summed E-state index contributed by atoms with van der Waals surface area (Å²) in [6, 6.07) is 1.60. The van der Waals surface area contributed by atoms with Gasteiger partial charge in [-0.3, -0.25) is 4.79 Å². The van der Waals surface area contributed by atoms with Crippen molar-refractivity contribution in [1.29, 1.82) is 0 Å². The fourth-order valence-corrected chi connectivity index (χ4v) is 2.22. The normalized spacial score (nSPS) is 10.3. The zero-order valence-corrected chi connectivity index (χ0v) is 11.3. The van der Waals surface area contributed by atoms with Crippen LogP contribution in [-0.4, -0.2) is 27.4 Å². The van der Waals surface area contributed by atoms with Crippen molar-refractivity contribution in [2.75, 3.05) is 6.54 Å². The van der Waals surface area contributed by atoms with Gasteiger partial charge in [0.25, 0.3) is 5.91 Å². The third kappa shape index (κ3) is 3.48. The number of thiazole rings is 1. The number of carbonyl (C=O) groups is 1. The number of amides is 1. The highest BCUT2D eigenvalue weighted by Crippen LogP contribution is 2.05. The molecule has 0 bridgehead atoms. The third-order valence-electron chi connectivity index (χ3n) is 2.21. The number of rotatable bonds is 4. The van der Waals surface area contributed by atoms with E-state index in [1.807, 2.05) is 5.38 Å². The molecule has 2 rings (SSSR count). The van der Waals surface area contributed by atoms with Crippen LogP contribution < -0.4 is 5.32 Å². The second kappa shape index (κ2) is 5.88. The molecule has 5 nitrogen and oxygen atoms in total. The van der Waals surface area contributed by atoms with E-state index in [-0.39, 0.29) is 16.9 Å². The lowest BCUT2D eigenvalue weighted by Crippen LogP contribution is -2.26. The Kier molecular flexibility index (Phi) is 4.22. The van der Waals surface area contributed by atoms with Gasteiger partial charge in [0.15, 0.2) is 0 Å². The summed E-state index contributed by atoms with van der Waals surface area (Å²) in [6.45, 7) is 2.28. The summed E-state index contributed by atoms with van der Waals surface area (Å²) in [6.07, 6.45) is 0.701. The van der Waals surface area contributed by atoms with Gasteiger partial charge in [-0.15, -0.1) is 11.3 Å². The molecule has 0 aromatic carbocycles. The Labute approximate surface area is 113 Å². The summed E-state index contributed by atoms with van der Waals surface area (Å²) in [7, 11) is 0. The molecule has 2 aromatic heterocycles. The minimum absolute atomic E-state index is 0.0830. The Bertz CT molecular complexity index is 524. The van der Waals surface area contributed by atoms with E-state index in [4.69, 9.17) is 11.6 Å². The standard InChI is InChI=1S/C11H11ClN4OS/c1-7-4-9(16-11(12)15-7)10(17)13-3-2-8-5-18-6-14-8/h4-6H,2-3H2,1H3,(H,13,17). The Morgan fingerprint density at radius 3 is 3.00 bits per heavy atom. The van der Waals surface area contributed by atoms with Crippen molar-refractivity contribution >= 4 is 28.8 Å². The highest BCUT2D eigenvalue weighted by Gasteiger charge is 2.09. The lowest BCUT2D eigenvalue weighted by molar-refractivity contribution is 0.0949. The SMILES string of the molecule is Cc1cc(C(=O)NCCc2cscn2)nc(Cl)n1. The second-order valence-electron chi connectivity index (χ2n) is 3.65. The minimum Gasteiger partial charge on any atom is -0.350 e. The van der Waals surface area contributed by atoms with Gasteiger partial charge < -0.3 is 5.32 Å². The Hall–Kier alpha value is -1.53. The predicted octanol–water partition coefficient (Wildman–Crippen LogP) is 1.87. The Morgan fingerprint density at radius 2 is 2.33 bits per heavy atom. The largest absolute Gasteiger partial charge is 0.350 e. The molecule has 0 radical (unpaired) electrons. The van der Waals surface area contributed by atoms with Gasteiger partial charge in [0.1, 0.15) is 5.69 Å². The zero-order chi connectivity index (χ0) is 13.0. The van der Waals surface area contributed by atoms with Crippen LogP contribution in [0.15, 0.2) is 17.0 Å². The van der Waals surface area contributed by atoms with Crippen LogP contribution >= 0.6 is 22.9 Å². The summed E-state index contributed by atoms with van der Waals surface area (Å²) < 4.78 is 0. The summed E-state index contributed by atoms with van der Waals surface area (Å²) in [5, 5.41) is 4.81. The molecule has 0 atom stereocenters. The first-order chi connectivity index (χ1) is 8.65. The predicted molar refractivity (Wildman–Crippen MR) is 69.9 cm³/mol. The van der Waals surface area contributed by atoms with Crippen molar-refractivity contribution in [2.45, 2.75) is 13.3 Å². The first kappa shape index (κ1) is 12.9. The molecule has 1 amide bonds.